The lowest BCUT2D eigenvalue weighted by Crippen LogP contribution is -2.30. The molecule has 0 aromatic heterocycles. The van der Waals surface area contributed by atoms with E-state index in [1.54, 1.807) is 0 Å². The minimum atomic E-state index is 0.168. The molecule has 2 nitrogen and oxygen atoms in total. The van der Waals surface area contributed by atoms with Crippen molar-refractivity contribution >= 4 is 5.78 Å². The molecule has 1 heterocycles. The van der Waals surface area contributed by atoms with Crippen LogP contribution >= 0.6 is 0 Å². The van der Waals surface area contributed by atoms with Crippen LogP contribution in [0.15, 0.2) is 36.0 Å². The van der Waals surface area contributed by atoms with Crippen LogP contribution in [0.2, 0.25) is 0 Å². The number of hydrogen-bond donors (Lipinski definition) is 1. The number of fused-ring (bicyclic) bond motifs is 1. The highest BCUT2D eigenvalue weighted by molar-refractivity contribution is 6.08. The van der Waals surface area contributed by atoms with E-state index in [1.807, 2.05) is 18.2 Å². The Morgan fingerprint density at radius 1 is 1.29 bits per heavy atom. The summed E-state index contributed by atoms with van der Waals surface area (Å²) in [7, 11) is 0. The molecule has 17 heavy (non-hydrogen) atoms. The first-order valence-electron chi connectivity index (χ1n) is 6.42. The van der Waals surface area contributed by atoms with Gasteiger partial charge in [-0.1, -0.05) is 24.3 Å². The monoisotopic (exact) mass is 225 g/mol. The van der Waals surface area contributed by atoms with Gasteiger partial charge < -0.3 is 5.32 Å². The van der Waals surface area contributed by atoms with E-state index >= 15 is 0 Å². The summed E-state index contributed by atoms with van der Waals surface area (Å²) < 4.78 is 0. The molecule has 2 heteroatoms. The molecule has 1 aliphatic heterocycles. The van der Waals surface area contributed by atoms with E-state index in [0.29, 0.717) is 0 Å². The van der Waals surface area contributed by atoms with Gasteiger partial charge in [0.2, 0.25) is 0 Å². The highest BCUT2D eigenvalue weighted by Gasteiger charge is 2.60. The molecular formula is C15H15NO. The standard InChI is InChI=1S/C15H15NO/c17-13-8-14-15(9-10(15)4-3-7-16-14)12-6-2-1-5-11(12)13/h1-2,5-6,8,10,16H,3-4,7,9H2. The van der Waals surface area contributed by atoms with Gasteiger partial charge in [0.25, 0.3) is 0 Å². The van der Waals surface area contributed by atoms with E-state index < -0.39 is 0 Å². The van der Waals surface area contributed by atoms with Crippen molar-refractivity contribution in [1.82, 2.24) is 5.32 Å². The first-order valence-corrected chi connectivity index (χ1v) is 6.42. The summed E-state index contributed by atoms with van der Waals surface area (Å²) >= 11 is 0. The molecule has 2 aliphatic carbocycles. The average Bonchev–Trinajstić information content (AvgIpc) is 3.07. The summed E-state index contributed by atoms with van der Waals surface area (Å²) in [6, 6.07) is 8.14. The third-order valence-corrected chi connectivity index (χ3v) is 4.58. The molecule has 1 spiro atoms. The lowest BCUT2D eigenvalue weighted by Gasteiger charge is -2.27. The molecule has 2 fully saturated rings. The molecule has 1 aromatic carbocycles. The molecular weight excluding hydrogens is 210 g/mol. The molecule has 86 valence electrons. The maximum atomic E-state index is 12.1. The van der Waals surface area contributed by atoms with E-state index in [9.17, 15) is 4.79 Å². The predicted octanol–water partition coefficient (Wildman–Crippen LogP) is 2.41. The summed E-state index contributed by atoms with van der Waals surface area (Å²) in [6.45, 7) is 1.01. The Morgan fingerprint density at radius 3 is 3.12 bits per heavy atom. The maximum Gasteiger partial charge on any atom is 0.187 e. The van der Waals surface area contributed by atoms with Crippen LogP contribution in [0.3, 0.4) is 0 Å². The van der Waals surface area contributed by atoms with Gasteiger partial charge in [0.15, 0.2) is 5.78 Å². The molecule has 0 bridgehead atoms. The second kappa shape index (κ2) is 3.00. The molecule has 3 aliphatic rings. The Balaban J connectivity index is 1.95. The number of ketones is 1. The van der Waals surface area contributed by atoms with Crippen LogP contribution in [0.25, 0.3) is 0 Å². The van der Waals surface area contributed by atoms with Gasteiger partial charge in [-0.25, -0.2) is 0 Å². The zero-order chi connectivity index (χ0) is 11.5. The fraction of sp³-hybridized carbons (Fsp3) is 0.400. The third-order valence-electron chi connectivity index (χ3n) is 4.58. The molecule has 0 radical (unpaired) electrons. The van der Waals surface area contributed by atoms with Crippen LogP contribution in [0.5, 0.6) is 0 Å². The quantitative estimate of drug-likeness (QED) is 0.734. The van der Waals surface area contributed by atoms with Crippen molar-refractivity contribution < 1.29 is 4.79 Å². The van der Waals surface area contributed by atoms with Gasteiger partial charge in [-0.3, -0.25) is 4.79 Å². The van der Waals surface area contributed by atoms with E-state index in [1.165, 1.54) is 30.5 Å². The fourth-order valence-electron chi connectivity index (χ4n) is 3.69. The van der Waals surface area contributed by atoms with E-state index in [-0.39, 0.29) is 11.2 Å². The lowest BCUT2D eigenvalue weighted by molar-refractivity contribution is 0.104. The third kappa shape index (κ3) is 1.08. The first kappa shape index (κ1) is 9.46. The average molecular weight is 225 g/mol. The molecule has 1 N–H and O–H groups in total. The van der Waals surface area contributed by atoms with Gasteiger partial charge in [-0.05, 0) is 30.7 Å². The number of carbonyl (C=O) groups is 1. The zero-order valence-corrected chi connectivity index (χ0v) is 9.70. The van der Waals surface area contributed by atoms with Gasteiger partial charge in [0.1, 0.15) is 0 Å². The molecule has 1 saturated heterocycles. The van der Waals surface area contributed by atoms with Crippen molar-refractivity contribution in [2.45, 2.75) is 24.7 Å². The van der Waals surface area contributed by atoms with Crippen LogP contribution in [-0.4, -0.2) is 12.3 Å². The molecule has 2 unspecified atom stereocenters. The van der Waals surface area contributed by atoms with Gasteiger partial charge in [-0.2, -0.15) is 0 Å². The number of carbonyl (C=O) groups excluding carboxylic acids is 1. The number of nitrogens with one attached hydrogen (secondary N) is 1. The van der Waals surface area contributed by atoms with Gasteiger partial charge in [-0.15, -0.1) is 0 Å². The van der Waals surface area contributed by atoms with Crippen molar-refractivity contribution in [3.05, 3.63) is 47.2 Å². The Bertz CT molecular complexity index is 546. The summed E-state index contributed by atoms with van der Waals surface area (Å²) in [6.07, 6.45) is 5.57. The second-order valence-corrected chi connectivity index (χ2v) is 5.41. The maximum absolute atomic E-state index is 12.1. The molecule has 1 saturated carbocycles. The molecule has 1 aromatic rings. The van der Waals surface area contributed by atoms with Gasteiger partial charge >= 0.3 is 0 Å². The number of allylic oxidation sites excluding steroid dienone is 2. The smallest absolute Gasteiger partial charge is 0.187 e. The minimum absolute atomic E-state index is 0.168. The highest BCUT2D eigenvalue weighted by Crippen LogP contribution is 2.63. The van der Waals surface area contributed by atoms with Crippen molar-refractivity contribution in [2.24, 2.45) is 5.92 Å². The normalized spacial score (nSPS) is 33.5. The number of benzene rings is 1. The summed E-state index contributed by atoms with van der Waals surface area (Å²) in [5.74, 6) is 0.916. The van der Waals surface area contributed by atoms with Gasteiger partial charge in [0, 0.05) is 29.3 Å². The topological polar surface area (TPSA) is 29.1 Å². The van der Waals surface area contributed by atoms with Crippen LogP contribution in [0.4, 0.5) is 0 Å². The van der Waals surface area contributed by atoms with Crippen molar-refractivity contribution in [3.8, 4) is 0 Å². The van der Waals surface area contributed by atoms with Crippen LogP contribution in [0, 0.1) is 5.92 Å². The SMILES string of the molecule is O=C1C=C2NCCCC3CC23c2ccccc21. The second-order valence-electron chi connectivity index (χ2n) is 5.41. The number of hydrogen-bond acceptors (Lipinski definition) is 2. The Kier molecular flexibility index (Phi) is 1.67. The van der Waals surface area contributed by atoms with Crippen molar-refractivity contribution in [2.75, 3.05) is 6.54 Å². The van der Waals surface area contributed by atoms with Crippen molar-refractivity contribution in [1.29, 1.82) is 0 Å². The zero-order valence-electron chi connectivity index (χ0n) is 9.70. The van der Waals surface area contributed by atoms with E-state index in [4.69, 9.17) is 0 Å². The van der Waals surface area contributed by atoms with Crippen LogP contribution in [-0.2, 0) is 5.41 Å². The Hall–Kier alpha value is -1.57. The molecule has 2 atom stereocenters. The number of rotatable bonds is 0. The van der Waals surface area contributed by atoms with E-state index in [0.717, 1.165) is 18.0 Å². The largest absolute Gasteiger partial charge is 0.387 e. The van der Waals surface area contributed by atoms with Crippen molar-refractivity contribution in [3.63, 3.8) is 0 Å². The summed E-state index contributed by atoms with van der Waals surface area (Å²) in [4.78, 5) is 12.1. The van der Waals surface area contributed by atoms with Crippen LogP contribution < -0.4 is 5.32 Å². The molecule has 0 amide bonds. The summed E-state index contributed by atoms with van der Waals surface area (Å²) in [5, 5.41) is 3.48. The summed E-state index contributed by atoms with van der Waals surface area (Å²) in [5.41, 5.74) is 3.54. The molecule has 4 rings (SSSR count). The highest BCUT2D eigenvalue weighted by atomic mass is 16.1. The van der Waals surface area contributed by atoms with Crippen LogP contribution in [0.1, 0.15) is 35.2 Å². The first-order chi connectivity index (χ1) is 8.32. The fourth-order valence-corrected chi connectivity index (χ4v) is 3.69. The van der Waals surface area contributed by atoms with E-state index in [2.05, 4.69) is 17.4 Å². The Labute approximate surface area is 101 Å². The lowest BCUT2D eigenvalue weighted by atomic mass is 9.80. The minimum Gasteiger partial charge on any atom is -0.387 e. The van der Waals surface area contributed by atoms with Gasteiger partial charge in [0.05, 0.1) is 0 Å². The Morgan fingerprint density at radius 2 is 2.18 bits per heavy atom. The predicted molar refractivity (Wildman–Crippen MR) is 65.9 cm³/mol.